The lowest BCUT2D eigenvalue weighted by Gasteiger charge is -2.16. The maximum absolute atomic E-state index is 6.12. The van der Waals surface area contributed by atoms with Gasteiger partial charge in [0.15, 0.2) is 0 Å². The zero-order valence-electron chi connectivity index (χ0n) is 8.45. The summed E-state index contributed by atoms with van der Waals surface area (Å²) >= 11 is 17.0. The number of rotatable bonds is 3. The van der Waals surface area contributed by atoms with E-state index in [1.165, 1.54) is 0 Å². The smallest absolute Gasteiger partial charge is 0.0915 e. The summed E-state index contributed by atoms with van der Waals surface area (Å²) in [4.78, 5) is 4.22. The van der Waals surface area contributed by atoms with Crippen LogP contribution >= 0.6 is 50.5 Å². The lowest BCUT2D eigenvalue weighted by Crippen LogP contribution is -2.29. The lowest BCUT2D eigenvalue weighted by atomic mass is 10.1. The Balaban J connectivity index is 2.46. The minimum Gasteiger partial charge on any atom is -0.271 e. The SMILES string of the molecule is NNC(c1cscc1Br)c1ncc(Cl)cc1Cl. The molecule has 0 aliphatic rings. The molecule has 90 valence electrons. The Kier molecular flexibility index (Phi) is 4.41. The number of thiophene rings is 1. The fourth-order valence-corrected chi connectivity index (χ4v) is 3.49. The number of hydrogen-bond acceptors (Lipinski definition) is 4. The Morgan fingerprint density at radius 2 is 2.18 bits per heavy atom. The van der Waals surface area contributed by atoms with Gasteiger partial charge in [-0.3, -0.25) is 10.8 Å². The molecule has 0 amide bonds. The zero-order chi connectivity index (χ0) is 12.4. The van der Waals surface area contributed by atoms with Crippen LogP contribution in [0.25, 0.3) is 0 Å². The summed E-state index contributed by atoms with van der Waals surface area (Å²) in [6.45, 7) is 0. The van der Waals surface area contributed by atoms with Gasteiger partial charge in [0.05, 0.1) is 21.8 Å². The van der Waals surface area contributed by atoms with Crippen LogP contribution in [0.3, 0.4) is 0 Å². The van der Waals surface area contributed by atoms with Gasteiger partial charge in [0.1, 0.15) is 0 Å². The highest BCUT2D eigenvalue weighted by Gasteiger charge is 2.20. The topological polar surface area (TPSA) is 50.9 Å². The van der Waals surface area contributed by atoms with E-state index >= 15 is 0 Å². The third-order valence-corrected chi connectivity index (χ3v) is 4.49. The Morgan fingerprint density at radius 3 is 2.71 bits per heavy atom. The van der Waals surface area contributed by atoms with Crippen LogP contribution in [0, 0.1) is 0 Å². The van der Waals surface area contributed by atoms with E-state index in [1.54, 1.807) is 23.6 Å². The van der Waals surface area contributed by atoms with Gasteiger partial charge in [-0.15, -0.1) is 0 Å². The van der Waals surface area contributed by atoms with E-state index in [1.807, 2.05) is 10.8 Å². The normalized spacial score (nSPS) is 12.7. The molecule has 0 aromatic carbocycles. The third kappa shape index (κ3) is 2.81. The van der Waals surface area contributed by atoms with Gasteiger partial charge in [0.2, 0.25) is 0 Å². The molecule has 3 N–H and O–H groups in total. The van der Waals surface area contributed by atoms with Crippen molar-refractivity contribution in [2.75, 3.05) is 0 Å². The summed E-state index contributed by atoms with van der Waals surface area (Å²) in [7, 11) is 0. The van der Waals surface area contributed by atoms with Crippen LogP contribution in [0.4, 0.5) is 0 Å². The molecule has 2 aromatic heterocycles. The fraction of sp³-hybridized carbons (Fsp3) is 0.100. The molecule has 0 spiro atoms. The highest BCUT2D eigenvalue weighted by Crippen LogP contribution is 2.33. The minimum absolute atomic E-state index is 0.264. The van der Waals surface area contributed by atoms with Crippen molar-refractivity contribution in [3.63, 3.8) is 0 Å². The summed E-state index contributed by atoms with van der Waals surface area (Å²) in [6.07, 6.45) is 1.55. The van der Waals surface area contributed by atoms with Crippen LogP contribution in [0.5, 0.6) is 0 Å². The van der Waals surface area contributed by atoms with Crippen molar-refractivity contribution in [2.45, 2.75) is 6.04 Å². The summed E-state index contributed by atoms with van der Waals surface area (Å²) in [5.41, 5.74) is 4.35. The number of nitrogens with zero attached hydrogens (tertiary/aromatic N) is 1. The molecular formula is C10H8BrCl2N3S. The van der Waals surface area contributed by atoms with Crippen LogP contribution in [-0.2, 0) is 0 Å². The Hall–Kier alpha value is -0.170. The predicted octanol–water partition coefficient (Wildman–Crippen LogP) is 3.77. The first-order valence-electron chi connectivity index (χ1n) is 4.62. The molecule has 2 aromatic rings. The van der Waals surface area contributed by atoms with E-state index in [0.717, 1.165) is 10.0 Å². The third-order valence-electron chi connectivity index (χ3n) is 2.23. The molecule has 2 rings (SSSR count). The molecule has 0 aliphatic carbocycles. The monoisotopic (exact) mass is 351 g/mol. The first-order valence-corrected chi connectivity index (χ1v) is 7.11. The summed E-state index contributed by atoms with van der Waals surface area (Å²) in [5, 5.41) is 4.95. The van der Waals surface area contributed by atoms with Crippen LogP contribution in [0.2, 0.25) is 10.0 Å². The van der Waals surface area contributed by atoms with Gasteiger partial charge < -0.3 is 0 Å². The van der Waals surface area contributed by atoms with E-state index in [2.05, 4.69) is 26.3 Å². The van der Waals surface area contributed by atoms with Crippen LogP contribution in [0.1, 0.15) is 17.3 Å². The predicted molar refractivity (Wildman–Crippen MR) is 75.4 cm³/mol. The Labute approximate surface area is 121 Å². The molecule has 17 heavy (non-hydrogen) atoms. The number of hydrazine groups is 1. The highest BCUT2D eigenvalue weighted by atomic mass is 79.9. The van der Waals surface area contributed by atoms with Gasteiger partial charge in [-0.1, -0.05) is 23.2 Å². The molecule has 0 saturated heterocycles. The largest absolute Gasteiger partial charge is 0.271 e. The molecule has 2 heterocycles. The Morgan fingerprint density at radius 1 is 1.41 bits per heavy atom. The van der Waals surface area contributed by atoms with E-state index < -0.39 is 0 Å². The van der Waals surface area contributed by atoms with Gasteiger partial charge in [-0.2, -0.15) is 11.3 Å². The molecule has 0 fully saturated rings. The number of aromatic nitrogens is 1. The molecule has 7 heteroatoms. The molecule has 3 nitrogen and oxygen atoms in total. The number of halogens is 3. The average Bonchev–Trinajstić information content (AvgIpc) is 2.69. The van der Waals surface area contributed by atoms with Gasteiger partial charge in [0, 0.05) is 21.6 Å². The standard InChI is InChI=1S/C10H8BrCl2N3S/c11-7-4-17-3-6(7)9(16-14)10-8(13)1-5(12)2-15-10/h1-4,9,16H,14H2. The second kappa shape index (κ2) is 5.65. The molecule has 1 unspecified atom stereocenters. The minimum atomic E-state index is -0.264. The summed E-state index contributed by atoms with van der Waals surface area (Å²) < 4.78 is 0.971. The second-order valence-corrected chi connectivity index (χ2v) is 5.74. The van der Waals surface area contributed by atoms with E-state index in [9.17, 15) is 0 Å². The van der Waals surface area contributed by atoms with E-state index in [4.69, 9.17) is 29.0 Å². The van der Waals surface area contributed by atoms with Crippen molar-refractivity contribution in [1.82, 2.24) is 10.4 Å². The highest BCUT2D eigenvalue weighted by molar-refractivity contribution is 9.10. The van der Waals surface area contributed by atoms with Gasteiger partial charge in [-0.25, -0.2) is 5.43 Å². The second-order valence-electron chi connectivity index (χ2n) is 3.30. The van der Waals surface area contributed by atoms with Crippen molar-refractivity contribution in [3.05, 3.63) is 48.8 Å². The molecule has 0 saturated carbocycles. The summed E-state index contributed by atoms with van der Waals surface area (Å²) in [6, 6.07) is 1.39. The number of nitrogens with two attached hydrogens (primary N) is 1. The van der Waals surface area contributed by atoms with Crippen molar-refractivity contribution in [3.8, 4) is 0 Å². The number of hydrogen-bond donors (Lipinski definition) is 2. The number of pyridine rings is 1. The van der Waals surface area contributed by atoms with Crippen molar-refractivity contribution in [1.29, 1.82) is 0 Å². The average molecular weight is 353 g/mol. The van der Waals surface area contributed by atoms with Crippen molar-refractivity contribution >= 4 is 50.5 Å². The first-order chi connectivity index (χ1) is 8.13. The maximum atomic E-state index is 6.12. The van der Waals surface area contributed by atoms with Crippen LogP contribution < -0.4 is 11.3 Å². The van der Waals surface area contributed by atoms with Gasteiger partial charge >= 0.3 is 0 Å². The summed E-state index contributed by atoms with van der Waals surface area (Å²) in [5.74, 6) is 5.57. The zero-order valence-corrected chi connectivity index (χ0v) is 12.4. The van der Waals surface area contributed by atoms with E-state index in [-0.39, 0.29) is 6.04 Å². The molecule has 0 bridgehead atoms. The van der Waals surface area contributed by atoms with Crippen LogP contribution in [0.15, 0.2) is 27.5 Å². The van der Waals surface area contributed by atoms with Gasteiger partial charge in [0.25, 0.3) is 0 Å². The van der Waals surface area contributed by atoms with Crippen molar-refractivity contribution < 1.29 is 0 Å². The molecule has 0 radical (unpaired) electrons. The molecular weight excluding hydrogens is 345 g/mol. The van der Waals surface area contributed by atoms with Crippen molar-refractivity contribution in [2.24, 2.45) is 5.84 Å². The molecule has 1 atom stereocenters. The number of nitrogens with one attached hydrogen (secondary N) is 1. The first kappa shape index (κ1) is 13.3. The lowest BCUT2D eigenvalue weighted by molar-refractivity contribution is 0.621. The quantitative estimate of drug-likeness (QED) is 0.653. The fourth-order valence-electron chi connectivity index (χ4n) is 1.45. The Bertz CT molecular complexity index is 532. The van der Waals surface area contributed by atoms with Crippen LogP contribution in [-0.4, -0.2) is 4.98 Å². The van der Waals surface area contributed by atoms with E-state index in [0.29, 0.717) is 15.7 Å². The maximum Gasteiger partial charge on any atom is 0.0915 e. The molecule has 0 aliphatic heterocycles. The van der Waals surface area contributed by atoms with Gasteiger partial charge in [-0.05, 0) is 27.4 Å².